The number of nitrogens with zero attached hydrogens (tertiary/aromatic N) is 8. The SMILES string of the molecule is CN(C)c1ccc([C@H](c2nnnn2C2CCCCC2)N2CCN(c3nc4ccccc4s3)CC2)cc1. The first-order valence-electron chi connectivity index (χ1n) is 13.1. The molecule has 3 heterocycles. The monoisotopic (exact) mass is 502 g/mol. The van der Waals surface area contributed by atoms with Gasteiger partial charge in [-0.3, -0.25) is 4.90 Å². The highest BCUT2D eigenvalue weighted by Crippen LogP contribution is 2.35. The Balaban J connectivity index is 1.28. The van der Waals surface area contributed by atoms with Crippen LogP contribution in [0.4, 0.5) is 10.8 Å². The second kappa shape index (κ2) is 10.1. The zero-order valence-corrected chi connectivity index (χ0v) is 21.9. The second-order valence-electron chi connectivity index (χ2n) is 10.1. The molecule has 4 aromatic rings. The van der Waals surface area contributed by atoms with Crippen LogP contribution < -0.4 is 9.80 Å². The number of piperazine rings is 1. The number of tetrazole rings is 1. The summed E-state index contributed by atoms with van der Waals surface area (Å²) in [5.74, 6) is 0.980. The van der Waals surface area contributed by atoms with Crippen molar-refractivity contribution in [2.24, 2.45) is 0 Å². The summed E-state index contributed by atoms with van der Waals surface area (Å²) in [6, 6.07) is 17.8. The van der Waals surface area contributed by atoms with E-state index >= 15 is 0 Å². The number of hydrogen-bond donors (Lipinski definition) is 0. The fraction of sp³-hybridized carbons (Fsp3) is 0.481. The first-order chi connectivity index (χ1) is 17.7. The van der Waals surface area contributed by atoms with Crippen LogP contribution in [0.3, 0.4) is 0 Å². The van der Waals surface area contributed by atoms with Gasteiger partial charge in [0.25, 0.3) is 0 Å². The molecule has 1 atom stereocenters. The molecule has 2 fully saturated rings. The van der Waals surface area contributed by atoms with E-state index in [2.05, 4.69) is 97.5 Å². The van der Waals surface area contributed by atoms with Gasteiger partial charge in [-0.25, -0.2) is 9.67 Å². The molecule has 6 rings (SSSR count). The van der Waals surface area contributed by atoms with Gasteiger partial charge in [0.2, 0.25) is 0 Å². The number of thiazole rings is 1. The van der Waals surface area contributed by atoms with Gasteiger partial charge >= 0.3 is 0 Å². The van der Waals surface area contributed by atoms with E-state index in [0.29, 0.717) is 6.04 Å². The molecule has 0 spiro atoms. The van der Waals surface area contributed by atoms with E-state index < -0.39 is 0 Å². The van der Waals surface area contributed by atoms with Crippen LogP contribution in [-0.2, 0) is 0 Å². The van der Waals surface area contributed by atoms with Crippen LogP contribution in [0.25, 0.3) is 10.2 Å². The van der Waals surface area contributed by atoms with Crippen molar-refractivity contribution in [1.82, 2.24) is 30.1 Å². The maximum absolute atomic E-state index is 4.90. The first kappa shape index (κ1) is 23.4. The summed E-state index contributed by atoms with van der Waals surface area (Å²) >= 11 is 1.79. The second-order valence-corrected chi connectivity index (χ2v) is 11.2. The van der Waals surface area contributed by atoms with Gasteiger partial charge in [0.15, 0.2) is 11.0 Å². The Labute approximate surface area is 216 Å². The van der Waals surface area contributed by atoms with Crippen LogP contribution in [0.15, 0.2) is 48.5 Å². The zero-order valence-electron chi connectivity index (χ0n) is 21.1. The zero-order chi connectivity index (χ0) is 24.5. The normalized spacial score (nSPS) is 18.6. The van der Waals surface area contributed by atoms with Crippen molar-refractivity contribution in [2.75, 3.05) is 50.1 Å². The maximum atomic E-state index is 4.90. The average Bonchev–Trinajstić information content (AvgIpc) is 3.58. The number of aromatic nitrogens is 5. The fourth-order valence-corrected chi connectivity index (χ4v) is 6.63. The molecule has 8 nitrogen and oxygen atoms in total. The number of fused-ring (bicyclic) bond motifs is 1. The number of benzene rings is 2. The van der Waals surface area contributed by atoms with Crippen molar-refractivity contribution in [1.29, 1.82) is 0 Å². The van der Waals surface area contributed by atoms with Gasteiger partial charge in [0.1, 0.15) is 0 Å². The van der Waals surface area contributed by atoms with Crippen molar-refractivity contribution in [3.05, 3.63) is 59.9 Å². The molecule has 0 N–H and O–H groups in total. The first-order valence-corrected chi connectivity index (χ1v) is 13.9. The molecule has 2 aromatic heterocycles. The van der Waals surface area contributed by atoms with Gasteiger partial charge in [-0.15, -0.1) is 5.10 Å². The van der Waals surface area contributed by atoms with Gasteiger partial charge in [-0.2, -0.15) is 0 Å². The molecule has 0 bridgehead atoms. The highest BCUT2D eigenvalue weighted by molar-refractivity contribution is 7.22. The summed E-state index contributed by atoms with van der Waals surface area (Å²) in [4.78, 5) is 12.0. The van der Waals surface area contributed by atoms with Crippen LogP contribution in [0.2, 0.25) is 0 Å². The highest BCUT2D eigenvalue weighted by Gasteiger charge is 2.33. The number of anilines is 2. The molecule has 9 heteroatoms. The lowest BCUT2D eigenvalue weighted by atomic mass is 9.95. The topological polar surface area (TPSA) is 66.2 Å². The van der Waals surface area contributed by atoms with Crippen molar-refractivity contribution in [3.63, 3.8) is 0 Å². The Bertz CT molecular complexity index is 1250. The Morgan fingerprint density at radius 3 is 2.39 bits per heavy atom. The molecule has 1 aliphatic carbocycles. The molecular weight excluding hydrogens is 468 g/mol. The van der Waals surface area contributed by atoms with E-state index in [9.17, 15) is 0 Å². The van der Waals surface area contributed by atoms with Crippen molar-refractivity contribution < 1.29 is 0 Å². The molecule has 1 saturated carbocycles. The summed E-state index contributed by atoms with van der Waals surface area (Å²) in [5.41, 5.74) is 3.54. The minimum Gasteiger partial charge on any atom is -0.378 e. The molecule has 1 aliphatic heterocycles. The summed E-state index contributed by atoms with van der Waals surface area (Å²) in [6.45, 7) is 3.76. The Morgan fingerprint density at radius 1 is 0.917 bits per heavy atom. The van der Waals surface area contributed by atoms with Gasteiger partial charge in [-0.1, -0.05) is 54.9 Å². The molecule has 2 aromatic carbocycles. The van der Waals surface area contributed by atoms with E-state index in [1.807, 2.05) is 0 Å². The number of hydrogen-bond acceptors (Lipinski definition) is 8. The Kier molecular flexibility index (Phi) is 6.58. The van der Waals surface area contributed by atoms with E-state index in [4.69, 9.17) is 4.98 Å². The standard InChI is InChI=1S/C27H34N8S/c1-32(2)21-14-12-20(13-15-21)25(26-29-30-31-35(26)22-8-4-3-5-9-22)33-16-18-34(19-17-33)27-28-23-10-6-7-11-24(23)36-27/h6-7,10-15,22,25H,3-5,8-9,16-19H2,1-2H3/t25-/m1/s1. The summed E-state index contributed by atoms with van der Waals surface area (Å²) in [6.07, 6.45) is 6.16. The molecule has 0 radical (unpaired) electrons. The van der Waals surface area contributed by atoms with Crippen molar-refractivity contribution in [3.8, 4) is 0 Å². The lowest BCUT2D eigenvalue weighted by Gasteiger charge is -2.39. The molecule has 2 aliphatic rings. The van der Waals surface area contributed by atoms with Gasteiger partial charge in [0, 0.05) is 46.0 Å². The minimum atomic E-state index is 0.0376. The third-order valence-corrected chi connectivity index (χ3v) is 8.74. The Morgan fingerprint density at radius 2 is 1.67 bits per heavy atom. The largest absolute Gasteiger partial charge is 0.378 e. The number of para-hydroxylation sites is 1. The van der Waals surface area contributed by atoms with Crippen molar-refractivity contribution >= 4 is 32.4 Å². The quantitative estimate of drug-likeness (QED) is 0.376. The number of rotatable bonds is 6. The van der Waals surface area contributed by atoms with Gasteiger partial charge in [-0.05, 0) is 53.1 Å². The third kappa shape index (κ3) is 4.57. The smallest absolute Gasteiger partial charge is 0.186 e. The minimum absolute atomic E-state index is 0.0376. The van der Waals surface area contributed by atoms with Crippen LogP contribution in [0.5, 0.6) is 0 Å². The molecule has 188 valence electrons. The summed E-state index contributed by atoms with van der Waals surface area (Å²) in [5, 5.41) is 14.4. The summed E-state index contributed by atoms with van der Waals surface area (Å²) < 4.78 is 3.39. The van der Waals surface area contributed by atoms with Crippen LogP contribution in [0, 0.1) is 0 Å². The predicted octanol–water partition coefficient (Wildman–Crippen LogP) is 4.77. The highest BCUT2D eigenvalue weighted by atomic mass is 32.1. The Hall–Kier alpha value is -3.04. The molecular formula is C27H34N8S. The van der Waals surface area contributed by atoms with Gasteiger partial charge in [0.05, 0.1) is 22.3 Å². The molecule has 36 heavy (non-hydrogen) atoms. The van der Waals surface area contributed by atoms with E-state index in [1.54, 1.807) is 11.3 Å². The molecule has 0 unspecified atom stereocenters. The lowest BCUT2D eigenvalue weighted by molar-refractivity contribution is 0.193. The lowest BCUT2D eigenvalue weighted by Crippen LogP contribution is -2.48. The van der Waals surface area contributed by atoms with E-state index in [1.165, 1.54) is 35.2 Å². The van der Waals surface area contributed by atoms with Gasteiger partial charge < -0.3 is 9.80 Å². The van der Waals surface area contributed by atoms with E-state index in [0.717, 1.165) is 55.5 Å². The van der Waals surface area contributed by atoms with E-state index in [-0.39, 0.29) is 6.04 Å². The van der Waals surface area contributed by atoms with Crippen molar-refractivity contribution in [2.45, 2.75) is 44.2 Å². The van der Waals surface area contributed by atoms with Crippen LogP contribution in [0.1, 0.15) is 55.6 Å². The van der Waals surface area contributed by atoms with Crippen LogP contribution >= 0.6 is 11.3 Å². The molecule has 1 saturated heterocycles. The average molecular weight is 503 g/mol. The predicted molar refractivity (Wildman–Crippen MR) is 146 cm³/mol. The third-order valence-electron chi connectivity index (χ3n) is 7.64. The summed E-state index contributed by atoms with van der Waals surface area (Å²) in [7, 11) is 4.16. The fourth-order valence-electron chi connectivity index (χ4n) is 5.61. The van der Waals surface area contributed by atoms with Crippen LogP contribution in [-0.4, -0.2) is 70.4 Å². The molecule has 0 amide bonds. The maximum Gasteiger partial charge on any atom is 0.186 e.